The summed E-state index contributed by atoms with van der Waals surface area (Å²) in [5.74, 6) is -2.10. The van der Waals surface area contributed by atoms with Crippen LogP contribution in [0.4, 0.5) is 0 Å². The largest absolute Gasteiger partial charge is 0.478 e. The van der Waals surface area contributed by atoms with Crippen LogP contribution in [0.5, 0.6) is 0 Å². The quantitative estimate of drug-likeness (QED) is 0.375. The van der Waals surface area contributed by atoms with E-state index in [1.165, 1.54) is 0 Å². The van der Waals surface area contributed by atoms with E-state index in [2.05, 4.69) is 4.74 Å². The predicted molar refractivity (Wildman–Crippen MR) is 45.4 cm³/mol. The maximum atomic E-state index is 10.7. The summed E-state index contributed by atoms with van der Waals surface area (Å²) in [6.45, 7) is -0.465. The highest BCUT2D eigenvalue weighted by Crippen LogP contribution is 1.92. The molecule has 6 nitrogen and oxygen atoms in total. The van der Waals surface area contributed by atoms with Gasteiger partial charge < -0.3 is 20.1 Å². The van der Waals surface area contributed by atoms with Crippen LogP contribution in [0, 0.1) is 0 Å². The van der Waals surface area contributed by atoms with Gasteiger partial charge in [0.2, 0.25) is 0 Å². The topological polar surface area (TPSA) is 104 Å². The third-order valence-electron chi connectivity index (χ3n) is 1.24. The number of carbonyl (C=O) groups is 2. The van der Waals surface area contributed by atoms with E-state index in [1.54, 1.807) is 0 Å². The first-order valence-corrected chi connectivity index (χ1v) is 3.93. The van der Waals surface area contributed by atoms with Gasteiger partial charge in [-0.15, -0.1) is 0 Å². The van der Waals surface area contributed by atoms with Gasteiger partial charge in [0.05, 0.1) is 6.10 Å². The van der Waals surface area contributed by atoms with Crippen LogP contribution in [0.25, 0.3) is 0 Å². The summed E-state index contributed by atoms with van der Waals surface area (Å²) < 4.78 is 4.46. The Morgan fingerprint density at radius 3 is 2.50 bits per heavy atom. The van der Waals surface area contributed by atoms with E-state index in [1.807, 2.05) is 0 Å². The van der Waals surface area contributed by atoms with Gasteiger partial charge in [-0.25, -0.2) is 9.59 Å². The average molecular weight is 204 g/mol. The van der Waals surface area contributed by atoms with Crippen molar-refractivity contribution in [2.75, 3.05) is 13.2 Å². The first-order chi connectivity index (χ1) is 6.56. The third kappa shape index (κ3) is 7.26. The van der Waals surface area contributed by atoms with E-state index in [9.17, 15) is 9.59 Å². The number of hydrogen-bond acceptors (Lipinski definition) is 5. The van der Waals surface area contributed by atoms with Crippen molar-refractivity contribution in [3.63, 3.8) is 0 Å². The lowest BCUT2D eigenvalue weighted by atomic mass is 10.3. The van der Waals surface area contributed by atoms with E-state index in [-0.39, 0.29) is 19.6 Å². The molecule has 0 heterocycles. The van der Waals surface area contributed by atoms with Crippen molar-refractivity contribution in [3.05, 3.63) is 12.2 Å². The summed E-state index contributed by atoms with van der Waals surface area (Å²) in [5, 5.41) is 25.5. The number of carboxylic acids is 1. The van der Waals surface area contributed by atoms with E-state index in [0.717, 1.165) is 6.08 Å². The number of rotatable bonds is 6. The summed E-state index contributed by atoms with van der Waals surface area (Å²) >= 11 is 0. The number of hydrogen-bond donors (Lipinski definition) is 3. The maximum absolute atomic E-state index is 10.7. The van der Waals surface area contributed by atoms with E-state index < -0.39 is 18.0 Å². The molecule has 0 bridgehead atoms. The first kappa shape index (κ1) is 12.6. The fourth-order valence-electron chi connectivity index (χ4n) is 0.598. The van der Waals surface area contributed by atoms with Crippen LogP contribution in [0.3, 0.4) is 0 Å². The van der Waals surface area contributed by atoms with Crippen molar-refractivity contribution < 1.29 is 29.6 Å². The number of aliphatic hydroxyl groups excluding tert-OH is 2. The molecule has 6 heteroatoms. The van der Waals surface area contributed by atoms with Crippen LogP contribution >= 0.6 is 0 Å². The molecule has 0 aliphatic rings. The fourth-order valence-corrected chi connectivity index (χ4v) is 0.598. The molecule has 0 saturated heterocycles. The predicted octanol–water partition coefficient (Wildman–Crippen LogP) is -1.09. The molecule has 3 N–H and O–H groups in total. The molecular formula is C8H12O6. The molecule has 1 unspecified atom stereocenters. The van der Waals surface area contributed by atoms with Crippen molar-refractivity contribution >= 4 is 11.9 Å². The minimum atomic E-state index is -1.25. The molecule has 0 aliphatic carbocycles. The van der Waals surface area contributed by atoms with Crippen LogP contribution in [0.15, 0.2) is 12.2 Å². The van der Waals surface area contributed by atoms with Crippen LogP contribution in [-0.4, -0.2) is 46.6 Å². The Hall–Kier alpha value is -1.40. The molecule has 14 heavy (non-hydrogen) atoms. The van der Waals surface area contributed by atoms with Crippen molar-refractivity contribution in [1.82, 2.24) is 0 Å². The molecule has 0 aliphatic heterocycles. The molecule has 0 aromatic carbocycles. The van der Waals surface area contributed by atoms with E-state index >= 15 is 0 Å². The molecule has 0 amide bonds. The third-order valence-corrected chi connectivity index (χ3v) is 1.24. The lowest BCUT2D eigenvalue weighted by molar-refractivity contribution is -0.141. The Morgan fingerprint density at radius 1 is 1.36 bits per heavy atom. The standard InChI is InChI=1S/C8H12O6/c9-4-3-6(10)5-14-8(13)2-1-7(11)12/h1-2,6,9-10H,3-5H2,(H,11,12). The number of esters is 1. The minimum Gasteiger partial charge on any atom is -0.478 e. The zero-order valence-electron chi connectivity index (χ0n) is 7.42. The van der Waals surface area contributed by atoms with Crippen molar-refractivity contribution in [2.45, 2.75) is 12.5 Å². The number of aliphatic carboxylic acids is 1. The van der Waals surface area contributed by atoms with Crippen molar-refractivity contribution in [3.8, 4) is 0 Å². The number of carbonyl (C=O) groups excluding carboxylic acids is 1. The molecule has 0 fully saturated rings. The SMILES string of the molecule is O=C(O)C=CC(=O)OCC(O)CCO. The summed E-state index contributed by atoms with van der Waals surface area (Å²) in [4.78, 5) is 20.7. The second-order valence-electron chi connectivity index (χ2n) is 2.47. The second-order valence-corrected chi connectivity index (χ2v) is 2.47. The number of aliphatic hydroxyl groups is 2. The van der Waals surface area contributed by atoms with Gasteiger partial charge >= 0.3 is 11.9 Å². The molecule has 80 valence electrons. The van der Waals surface area contributed by atoms with Gasteiger partial charge in [-0.3, -0.25) is 0 Å². The monoisotopic (exact) mass is 204 g/mol. The number of ether oxygens (including phenoxy) is 1. The Balaban J connectivity index is 3.68. The van der Waals surface area contributed by atoms with E-state index in [4.69, 9.17) is 15.3 Å². The van der Waals surface area contributed by atoms with Gasteiger partial charge in [-0.2, -0.15) is 0 Å². The maximum Gasteiger partial charge on any atom is 0.331 e. The van der Waals surface area contributed by atoms with Gasteiger partial charge in [-0.05, 0) is 6.42 Å². The molecule has 0 radical (unpaired) electrons. The first-order valence-electron chi connectivity index (χ1n) is 3.93. The van der Waals surface area contributed by atoms with Gasteiger partial charge in [0.1, 0.15) is 6.61 Å². The molecule has 0 aromatic heterocycles. The lowest BCUT2D eigenvalue weighted by Gasteiger charge is -2.07. The Kier molecular flexibility index (Phi) is 6.34. The van der Waals surface area contributed by atoms with Gasteiger partial charge in [0, 0.05) is 18.8 Å². The van der Waals surface area contributed by atoms with Gasteiger partial charge in [-0.1, -0.05) is 0 Å². The highest BCUT2D eigenvalue weighted by Gasteiger charge is 2.05. The fraction of sp³-hybridized carbons (Fsp3) is 0.500. The summed E-state index contributed by atoms with van der Waals surface area (Å²) in [7, 11) is 0. The second kappa shape index (κ2) is 7.05. The molecule has 0 rings (SSSR count). The highest BCUT2D eigenvalue weighted by atomic mass is 16.5. The Bertz CT molecular complexity index is 222. The Morgan fingerprint density at radius 2 is 2.00 bits per heavy atom. The van der Waals surface area contributed by atoms with Crippen LogP contribution in [-0.2, 0) is 14.3 Å². The summed E-state index contributed by atoms with van der Waals surface area (Å²) in [6, 6.07) is 0. The summed E-state index contributed by atoms with van der Waals surface area (Å²) in [5.41, 5.74) is 0. The minimum absolute atomic E-state index is 0.107. The van der Waals surface area contributed by atoms with Crippen molar-refractivity contribution in [2.24, 2.45) is 0 Å². The molecule has 1 atom stereocenters. The number of carboxylic acid groups (broad SMARTS) is 1. The van der Waals surface area contributed by atoms with Crippen molar-refractivity contribution in [1.29, 1.82) is 0 Å². The van der Waals surface area contributed by atoms with Crippen LogP contribution in [0.1, 0.15) is 6.42 Å². The zero-order chi connectivity index (χ0) is 11.0. The molecular weight excluding hydrogens is 192 g/mol. The molecule has 0 saturated carbocycles. The zero-order valence-corrected chi connectivity index (χ0v) is 7.42. The average Bonchev–Trinajstić information content (AvgIpc) is 2.12. The molecule has 0 spiro atoms. The smallest absolute Gasteiger partial charge is 0.331 e. The summed E-state index contributed by atoms with van der Waals surface area (Å²) in [6.07, 6.45) is 0.562. The van der Waals surface area contributed by atoms with E-state index in [0.29, 0.717) is 6.08 Å². The van der Waals surface area contributed by atoms with Crippen LogP contribution in [0.2, 0.25) is 0 Å². The Labute approximate surface area is 80.4 Å². The highest BCUT2D eigenvalue weighted by molar-refractivity contribution is 5.90. The van der Waals surface area contributed by atoms with Gasteiger partial charge in [0.15, 0.2) is 0 Å². The lowest BCUT2D eigenvalue weighted by Crippen LogP contribution is -2.18. The van der Waals surface area contributed by atoms with Crippen LogP contribution < -0.4 is 0 Å². The molecule has 0 aromatic rings. The van der Waals surface area contributed by atoms with Gasteiger partial charge in [0.25, 0.3) is 0 Å². The normalized spacial score (nSPS) is 12.7.